The van der Waals surface area contributed by atoms with Crippen molar-refractivity contribution in [3.05, 3.63) is 35.4 Å². The molecule has 1 unspecified atom stereocenters. The lowest BCUT2D eigenvalue weighted by Gasteiger charge is -2.14. The number of alkyl halides is 3. The zero-order valence-electron chi connectivity index (χ0n) is 7.18. The smallest absolute Gasteiger partial charge is 0.302 e. The van der Waals surface area contributed by atoms with Gasteiger partial charge in [0.25, 0.3) is 0 Å². The van der Waals surface area contributed by atoms with Crippen molar-refractivity contribution in [3.63, 3.8) is 0 Å². The molecule has 1 atom stereocenters. The van der Waals surface area contributed by atoms with Crippen molar-refractivity contribution in [2.24, 2.45) is 0 Å². The van der Waals surface area contributed by atoms with Crippen LogP contribution in [0.2, 0.25) is 0 Å². The summed E-state index contributed by atoms with van der Waals surface area (Å²) in [6, 6.07) is 1.40. The Labute approximate surface area is 81.5 Å². The molecule has 0 fully saturated rings. The zero-order valence-corrected chi connectivity index (χ0v) is 7.18. The highest BCUT2D eigenvalue weighted by atomic mass is 19.4. The summed E-state index contributed by atoms with van der Waals surface area (Å²) in [5.74, 6) is -4.80. The molecule has 0 amide bonds. The maximum Gasteiger partial charge on any atom is 0.402 e. The SMILES string of the molecule is O=CC(c1cc(F)cc(F)c1)C(F)(F)F. The van der Waals surface area contributed by atoms with Crippen molar-refractivity contribution in [1.29, 1.82) is 0 Å². The molecule has 82 valence electrons. The number of hydrogen-bond donors (Lipinski definition) is 0. The molecule has 1 aromatic rings. The zero-order chi connectivity index (χ0) is 11.6. The van der Waals surface area contributed by atoms with Crippen LogP contribution in [0.1, 0.15) is 11.5 Å². The molecular formula is C9H5F5O. The Morgan fingerprint density at radius 2 is 1.53 bits per heavy atom. The van der Waals surface area contributed by atoms with Gasteiger partial charge < -0.3 is 4.79 Å². The van der Waals surface area contributed by atoms with Crippen molar-refractivity contribution >= 4 is 6.29 Å². The molecule has 0 radical (unpaired) electrons. The quantitative estimate of drug-likeness (QED) is 0.557. The molecule has 1 aromatic carbocycles. The Bertz CT molecular complexity index is 351. The fourth-order valence-corrected chi connectivity index (χ4v) is 1.10. The van der Waals surface area contributed by atoms with E-state index in [2.05, 4.69) is 0 Å². The summed E-state index contributed by atoms with van der Waals surface area (Å²) in [4.78, 5) is 10.2. The van der Waals surface area contributed by atoms with Gasteiger partial charge in [0.2, 0.25) is 0 Å². The standard InChI is InChI=1S/C9H5F5O/c10-6-1-5(2-7(11)3-6)8(4-15)9(12,13)14/h1-4,8H. The lowest BCUT2D eigenvalue weighted by molar-refractivity contribution is -0.156. The highest BCUT2D eigenvalue weighted by Crippen LogP contribution is 2.33. The number of benzene rings is 1. The van der Waals surface area contributed by atoms with Crippen molar-refractivity contribution < 1.29 is 26.7 Å². The van der Waals surface area contributed by atoms with Crippen LogP contribution in [0.4, 0.5) is 22.0 Å². The Morgan fingerprint density at radius 1 is 1.07 bits per heavy atom. The Kier molecular flexibility index (Phi) is 3.06. The van der Waals surface area contributed by atoms with Crippen LogP contribution in [-0.2, 0) is 4.79 Å². The van der Waals surface area contributed by atoms with E-state index in [1.165, 1.54) is 0 Å². The molecule has 0 heterocycles. The van der Waals surface area contributed by atoms with E-state index in [4.69, 9.17) is 0 Å². The number of hydrogen-bond acceptors (Lipinski definition) is 1. The second kappa shape index (κ2) is 3.96. The number of rotatable bonds is 2. The van der Waals surface area contributed by atoms with Gasteiger partial charge in [-0.2, -0.15) is 13.2 Å². The van der Waals surface area contributed by atoms with E-state index >= 15 is 0 Å². The number of halogens is 5. The highest BCUT2D eigenvalue weighted by Gasteiger charge is 2.41. The molecule has 0 saturated heterocycles. The monoisotopic (exact) mass is 224 g/mol. The highest BCUT2D eigenvalue weighted by molar-refractivity contribution is 5.63. The summed E-state index contributed by atoms with van der Waals surface area (Å²) in [6.07, 6.45) is -5.24. The molecule has 1 rings (SSSR count). The summed E-state index contributed by atoms with van der Waals surface area (Å²) in [7, 11) is 0. The Balaban J connectivity index is 3.18. The summed E-state index contributed by atoms with van der Waals surface area (Å²) in [6.45, 7) is 0. The van der Waals surface area contributed by atoms with E-state index in [-0.39, 0.29) is 0 Å². The molecule has 0 aliphatic carbocycles. The van der Waals surface area contributed by atoms with Gasteiger partial charge in [-0.3, -0.25) is 0 Å². The van der Waals surface area contributed by atoms with E-state index in [9.17, 15) is 26.7 Å². The molecular weight excluding hydrogens is 219 g/mol. The lowest BCUT2D eigenvalue weighted by Crippen LogP contribution is -2.22. The van der Waals surface area contributed by atoms with Gasteiger partial charge in [-0.05, 0) is 17.7 Å². The fourth-order valence-electron chi connectivity index (χ4n) is 1.10. The minimum absolute atomic E-state index is 0.395. The normalized spacial score (nSPS) is 13.7. The first kappa shape index (κ1) is 11.6. The van der Waals surface area contributed by atoms with Crippen LogP contribution in [0.25, 0.3) is 0 Å². The number of aldehydes is 1. The van der Waals surface area contributed by atoms with Crippen molar-refractivity contribution in [2.45, 2.75) is 12.1 Å². The van der Waals surface area contributed by atoms with Crippen molar-refractivity contribution in [2.75, 3.05) is 0 Å². The molecule has 0 N–H and O–H groups in total. The largest absolute Gasteiger partial charge is 0.402 e. The summed E-state index contributed by atoms with van der Waals surface area (Å²) in [5, 5.41) is 0. The molecule has 15 heavy (non-hydrogen) atoms. The van der Waals surface area contributed by atoms with Crippen LogP contribution in [0.15, 0.2) is 18.2 Å². The summed E-state index contributed by atoms with van der Waals surface area (Å²) >= 11 is 0. The summed E-state index contributed by atoms with van der Waals surface area (Å²) < 4.78 is 61.8. The molecule has 0 spiro atoms. The van der Waals surface area contributed by atoms with E-state index in [0.29, 0.717) is 18.2 Å². The molecule has 0 aliphatic heterocycles. The third kappa shape index (κ3) is 2.74. The molecule has 0 saturated carbocycles. The average molecular weight is 224 g/mol. The Hall–Kier alpha value is -1.46. The van der Waals surface area contributed by atoms with Crippen LogP contribution in [0, 0.1) is 11.6 Å². The van der Waals surface area contributed by atoms with Gasteiger partial charge in [0.15, 0.2) is 0 Å². The maximum atomic E-state index is 12.6. The van der Waals surface area contributed by atoms with Gasteiger partial charge in [0.1, 0.15) is 23.8 Å². The predicted octanol–water partition coefficient (Wildman–Crippen LogP) is 2.81. The second-order valence-electron chi connectivity index (χ2n) is 2.86. The third-order valence-corrected chi connectivity index (χ3v) is 1.73. The van der Waals surface area contributed by atoms with Gasteiger partial charge in [-0.25, -0.2) is 8.78 Å². The van der Waals surface area contributed by atoms with Crippen LogP contribution >= 0.6 is 0 Å². The molecule has 0 aliphatic rings. The summed E-state index contributed by atoms with van der Waals surface area (Å²) in [5.41, 5.74) is -0.741. The van der Waals surface area contributed by atoms with E-state index in [1.807, 2.05) is 0 Å². The third-order valence-electron chi connectivity index (χ3n) is 1.73. The van der Waals surface area contributed by atoms with Crippen LogP contribution < -0.4 is 0 Å². The van der Waals surface area contributed by atoms with E-state index in [0.717, 1.165) is 0 Å². The number of carbonyl (C=O) groups excluding carboxylic acids is 1. The van der Waals surface area contributed by atoms with Gasteiger partial charge in [0, 0.05) is 6.07 Å². The van der Waals surface area contributed by atoms with Crippen LogP contribution in [0.5, 0.6) is 0 Å². The predicted molar refractivity (Wildman–Crippen MR) is 41.2 cm³/mol. The molecule has 6 heteroatoms. The first-order valence-electron chi connectivity index (χ1n) is 3.82. The van der Waals surface area contributed by atoms with E-state index < -0.39 is 35.6 Å². The van der Waals surface area contributed by atoms with Gasteiger partial charge in [0.05, 0.1) is 0 Å². The van der Waals surface area contributed by atoms with E-state index in [1.54, 1.807) is 0 Å². The van der Waals surface area contributed by atoms with Gasteiger partial charge in [-0.1, -0.05) is 0 Å². The molecule has 0 aromatic heterocycles. The van der Waals surface area contributed by atoms with Gasteiger partial charge >= 0.3 is 6.18 Å². The van der Waals surface area contributed by atoms with Crippen LogP contribution in [-0.4, -0.2) is 12.5 Å². The lowest BCUT2D eigenvalue weighted by atomic mass is 10.00. The maximum absolute atomic E-state index is 12.6. The van der Waals surface area contributed by atoms with Crippen molar-refractivity contribution in [1.82, 2.24) is 0 Å². The Morgan fingerprint density at radius 3 is 1.87 bits per heavy atom. The fraction of sp³-hybridized carbons (Fsp3) is 0.222. The number of carbonyl (C=O) groups is 1. The topological polar surface area (TPSA) is 17.1 Å². The first-order valence-corrected chi connectivity index (χ1v) is 3.82. The minimum atomic E-state index is -4.85. The van der Waals surface area contributed by atoms with Crippen LogP contribution in [0.3, 0.4) is 0 Å². The average Bonchev–Trinajstić information content (AvgIpc) is 1.99. The van der Waals surface area contributed by atoms with Crippen molar-refractivity contribution in [3.8, 4) is 0 Å². The minimum Gasteiger partial charge on any atom is -0.302 e. The molecule has 1 nitrogen and oxygen atoms in total. The first-order chi connectivity index (χ1) is 6.84. The van der Waals surface area contributed by atoms with Gasteiger partial charge in [-0.15, -0.1) is 0 Å². The molecule has 0 bridgehead atoms. The second-order valence-corrected chi connectivity index (χ2v) is 2.86.